The van der Waals surface area contributed by atoms with Gasteiger partial charge < -0.3 is 0 Å². The van der Waals surface area contributed by atoms with Crippen molar-refractivity contribution in [3.8, 4) is 0 Å². The number of aromatic nitrogens is 2. The SMILES string of the molecule is ClP(Cc1cn2cncc2s1)(c1ccccc1)(c1ccccc1)c1ccccc1. The maximum absolute atomic E-state index is 8.12. The van der Waals surface area contributed by atoms with Gasteiger partial charge in [-0.3, -0.25) is 0 Å². The number of halogens is 1. The van der Waals surface area contributed by atoms with E-state index in [0.29, 0.717) is 0 Å². The molecular weight excluding hydrogens is 415 g/mol. The van der Waals surface area contributed by atoms with Crippen LogP contribution in [0.5, 0.6) is 0 Å². The Morgan fingerprint density at radius 3 is 1.69 bits per heavy atom. The van der Waals surface area contributed by atoms with E-state index in [4.69, 9.17) is 11.2 Å². The fourth-order valence-electron chi connectivity index (χ4n) is 4.09. The van der Waals surface area contributed by atoms with Gasteiger partial charge in [-0.1, -0.05) is 0 Å². The molecule has 0 saturated carbocycles. The molecular formula is C24H20ClN2PS. The zero-order chi connectivity index (χ0) is 19.8. The average molecular weight is 435 g/mol. The Morgan fingerprint density at radius 1 is 0.759 bits per heavy atom. The Morgan fingerprint density at radius 2 is 1.24 bits per heavy atom. The quantitative estimate of drug-likeness (QED) is 0.330. The molecule has 0 spiro atoms. The second kappa shape index (κ2) is 7.11. The minimum absolute atomic E-state index is 0.761. The number of nitrogens with zero attached hydrogens (tertiary/aromatic N) is 2. The number of benzene rings is 3. The second-order valence-electron chi connectivity index (χ2n) is 7.18. The summed E-state index contributed by atoms with van der Waals surface area (Å²) in [4.78, 5) is 6.63. The van der Waals surface area contributed by atoms with Gasteiger partial charge in [-0.25, -0.2) is 0 Å². The van der Waals surface area contributed by atoms with Crippen LogP contribution in [-0.2, 0) is 6.16 Å². The van der Waals surface area contributed by atoms with Crippen LogP contribution in [-0.4, -0.2) is 9.38 Å². The van der Waals surface area contributed by atoms with Crippen molar-refractivity contribution in [2.45, 2.75) is 6.16 Å². The molecule has 5 rings (SSSR count). The molecule has 0 saturated heterocycles. The minimum atomic E-state index is -3.27. The van der Waals surface area contributed by atoms with Crippen molar-refractivity contribution in [1.29, 1.82) is 0 Å². The van der Waals surface area contributed by atoms with Crippen LogP contribution in [0.25, 0.3) is 4.83 Å². The van der Waals surface area contributed by atoms with E-state index < -0.39 is 5.96 Å². The van der Waals surface area contributed by atoms with Crippen LogP contribution >= 0.6 is 28.5 Å². The fraction of sp³-hybridized carbons (Fsp3) is 0.0417. The third-order valence-corrected chi connectivity index (χ3v) is 13.9. The molecule has 0 fully saturated rings. The van der Waals surface area contributed by atoms with Crippen molar-refractivity contribution >= 4 is 49.3 Å². The van der Waals surface area contributed by atoms with Crippen LogP contribution in [0.1, 0.15) is 4.88 Å². The first-order chi connectivity index (χ1) is 14.2. The van der Waals surface area contributed by atoms with Gasteiger partial charge in [0, 0.05) is 0 Å². The van der Waals surface area contributed by atoms with E-state index in [1.54, 1.807) is 11.3 Å². The summed E-state index contributed by atoms with van der Waals surface area (Å²) in [6.45, 7) is 0. The normalized spacial score (nSPS) is 13.2. The Hall–Kier alpha value is -2.45. The summed E-state index contributed by atoms with van der Waals surface area (Å²) in [5.74, 6) is -3.27. The Bertz CT molecular complexity index is 1120. The predicted molar refractivity (Wildman–Crippen MR) is 128 cm³/mol. The Labute approximate surface area is 179 Å². The summed E-state index contributed by atoms with van der Waals surface area (Å²) in [5.41, 5.74) is 0. The molecule has 0 unspecified atom stereocenters. The predicted octanol–water partition coefficient (Wildman–Crippen LogP) is 5.58. The molecule has 0 aliphatic heterocycles. The summed E-state index contributed by atoms with van der Waals surface area (Å²) < 4.78 is 2.08. The number of imidazole rings is 1. The molecule has 0 amide bonds. The van der Waals surface area contributed by atoms with Crippen molar-refractivity contribution in [3.05, 3.63) is 115 Å². The van der Waals surface area contributed by atoms with Gasteiger partial charge in [0.25, 0.3) is 0 Å². The molecule has 0 aliphatic rings. The number of hydrogen-bond acceptors (Lipinski definition) is 2. The molecule has 0 aliphatic carbocycles. The van der Waals surface area contributed by atoms with E-state index in [9.17, 15) is 0 Å². The molecule has 3 aromatic carbocycles. The van der Waals surface area contributed by atoms with Crippen molar-refractivity contribution in [2.75, 3.05) is 0 Å². The summed E-state index contributed by atoms with van der Waals surface area (Å²) in [6.07, 6.45) is 6.69. The first-order valence-corrected chi connectivity index (χ1v) is 13.6. The van der Waals surface area contributed by atoms with Gasteiger partial charge in [0.1, 0.15) is 0 Å². The van der Waals surface area contributed by atoms with Crippen LogP contribution in [0.2, 0.25) is 0 Å². The Kier molecular flexibility index (Phi) is 4.55. The first kappa shape index (κ1) is 18.6. The van der Waals surface area contributed by atoms with E-state index in [1.807, 2.05) is 12.5 Å². The van der Waals surface area contributed by atoms with E-state index in [2.05, 4.69) is 107 Å². The van der Waals surface area contributed by atoms with Crippen LogP contribution in [0.3, 0.4) is 0 Å². The van der Waals surface area contributed by atoms with Crippen molar-refractivity contribution in [3.63, 3.8) is 0 Å². The molecule has 2 nitrogen and oxygen atoms in total. The summed E-state index contributed by atoms with van der Waals surface area (Å²) in [7, 11) is 0. The van der Waals surface area contributed by atoms with Gasteiger partial charge >= 0.3 is 179 Å². The zero-order valence-corrected chi connectivity index (χ0v) is 18.2. The zero-order valence-electron chi connectivity index (χ0n) is 15.7. The number of hydrogen-bond donors (Lipinski definition) is 0. The van der Waals surface area contributed by atoms with Crippen LogP contribution in [0.4, 0.5) is 0 Å². The number of rotatable bonds is 5. The third-order valence-electron chi connectivity index (χ3n) is 5.49. The van der Waals surface area contributed by atoms with Gasteiger partial charge in [0.15, 0.2) is 0 Å². The molecule has 2 heterocycles. The van der Waals surface area contributed by atoms with Crippen molar-refractivity contribution < 1.29 is 0 Å². The molecule has 0 bridgehead atoms. The van der Waals surface area contributed by atoms with E-state index in [1.165, 1.54) is 20.8 Å². The van der Waals surface area contributed by atoms with Gasteiger partial charge in [0.2, 0.25) is 0 Å². The molecule has 5 heteroatoms. The molecule has 5 aromatic rings. The van der Waals surface area contributed by atoms with Gasteiger partial charge in [-0.05, 0) is 0 Å². The van der Waals surface area contributed by atoms with Gasteiger partial charge in [-0.15, -0.1) is 0 Å². The molecule has 144 valence electrons. The van der Waals surface area contributed by atoms with E-state index >= 15 is 0 Å². The van der Waals surface area contributed by atoms with Crippen LogP contribution < -0.4 is 15.9 Å². The topological polar surface area (TPSA) is 17.3 Å². The second-order valence-corrected chi connectivity index (χ2v) is 14.8. The molecule has 0 atom stereocenters. The standard InChI is InChI=1S/C24H20ClN2PS/c25-28(20-10-4-1-5-11-20,21-12-6-2-7-13-21,22-14-8-3-9-15-22)18-23-17-27-19-26-16-24(27)29-23/h1-17,19H,18H2. The maximum atomic E-state index is 8.12. The fourth-order valence-corrected chi connectivity index (χ4v) is 12.0. The molecule has 29 heavy (non-hydrogen) atoms. The number of fused-ring (bicyclic) bond motifs is 1. The summed E-state index contributed by atoms with van der Waals surface area (Å²) >= 11 is 9.88. The average Bonchev–Trinajstić information content (AvgIpc) is 3.37. The summed E-state index contributed by atoms with van der Waals surface area (Å²) in [6, 6.07) is 31.8. The van der Waals surface area contributed by atoms with Crippen molar-refractivity contribution in [1.82, 2.24) is 9.38 Å². The van der Waals surface area contributed by atoms with Crippen LogP contribution in [0.15, 0.2) is 110 Å². The third kappa shape index (κ3) is 2.93. The monoisotopic (exact) mass is 434 g/mol. The van der Waals surface area contributed by atoms with Gasteiger partial charge in [0.05, 0.1) is 0 Å². The van der Waals surface area contributed by atoms with E-state index in [0.717, 1.165) is 11.0 Å². The van der Waals surface area contributed by atoms with E-state index in [-0.39, 0.29) is 0 Å². The Balaban J connectivity index is 1.85. The van der Waals surface area contributed by atoms with Crippen LogP contribution in [0, 0.1) is 0 Å². The first-order valence-electron chi connectivity index (χ1n) is 9.48. The molecule has 2 aromatic heterocycles. The summed E-state index contributed by atoms with van der Waals surface area (Å²) in [5, 5.41) is 3.57. The molecule has 0 N–H and O–H groups in total. The molecule has 0 radical (unpaired) electrons. The number of thiazole rings is 1. The van der Waals surface area contributed by atoms with Gasteiger partial charge in [-0.2, -0.15) is 0 Å². The van der Waals surface area contributed by atoms with Crippen molar-refractivity contribution in [2.24, 2.45) is 0 Å².